The Balaban J connectivity index is 1.22. The molecule has 3 aromatic carbocycles. The van der Waals surface area contributed by atoms with E-state index in [1.807, 2.05) is 45.6 Å². The molecule has 0 spiro atoms. The Labute approximate surface area is 319 Å². The van der Waals surface area contributed by atoms with Crippen molar-refractivity contribution in [3.05, 3.63) is 88.8 Å². The summed E-state index contributed by atoms with van der Waals surface area (Å²) in [5.74, 6) is 0.705. The van der Waals surface area contributed by atoms with E-state index in [0.29, 0.717) is 37.9 Å². The van der Waals surface area contributed by atoms with Crippen LogP contribution in [0.15, 0.2) is 92.2 Å². The van der Waals surface area contributed by atoms with E-state index in [-0.39, 0.29) is 28.2 Å². The topological polar surface area (TPSA) is 143 Å². The van der Waals surface area contributed by atoms with Gasteiger partial charge in [-0.25, -0.2) is 0 Å². The minimum Gasteiger partial charge on any atom is -0.380 e. The Bertz CT molecular complexity index is 1840. The van der Waals surface area contributed by atoms with Gasteiger partial charge in [-0.3, -0.25) is 10.2 Å². The molecule has 14 heteroatoms. The molecule has 0 bridgehead atoms. The molecule has 0 aromatic heterocycles. The number of hydrogen-bond acceptors (Lipinski definition) is 10. The fourth-order valence-corrected chi connectivity index (χ4v) is 9.18. The molecule has 2 N–H and O–H groups in total. The third-order valence-electron chi connectivity index (χ3n) is 10.4. The van der Waals surface area contributed by atoms with Crippen LogP contribution in [0.25, 0.3) is 0 Å². The van der Waals surface area contributed by atoms with Crippen LogP contribution in [0, 0.1) is 23.3 Å². The zero-order valence-corrected chi connectivity index (χ0v) is 32.8. The number of hydrogen-bond donors (Lipinski definition) is 2. The Kier molecular flexibility index (Phi) is 14.3. The summed E-state index contributed by atoms with van der Waals surface area (Å²) in [6, 6.07) is 23.2. The first kappa shape index (κ1) is 40.2. The summed E-state index contributed by atoms with van der Waals surface area (Å²) < 4.78 is 37.4. The van der Waals surface area contributed by atoms with Crippen LogP contribution in [0.5, 0.6) is 0 Å². The number of anilines is 1. The zero-order chi connectivity index (χ0) is 37.8. The number of nitrogens with zero attached hydrogens (tertiary/aromatic N) is 6. The quantitative estimate of drug-likeness (QED) is 0.0455. The van der Waals surface area contributed by atoms with E-state index in [2.05, 4.69) is 73.3 Å². The Morgan fingerprint density at radius 1 is 1.06 bits per heavy atom. The van der Waals surface area contributed by atoms with Crippen LogP contribution in [-0.2, 0) is 21.2 Å². The van der Waals surface area contributed by atoms with Crippen molar-refractivity contribution in [3.63, 3.8) is 0 Å². The number of piperazine rings is 1. The summed E-state index contributed by atoms with van der Waals surface area (Å²) in [4.78, 5) is 19.3. The van der Waals surface area contributed by atoms with E-state index in [1.54, 1.807) is 22.7 Å². The highest BCUT2D eigenvalue weighted by Gasteiger charge is 2.38. The third kappa shape index (κ3) is 11.0. The summed E-state index contributed by atoms with van der Waals surface area (Å²) in [6.45, 7) is 5.43. The molecule has 2 fully saturated rings. The number of nitriles is 1. The van der Waals surface area contributed by atoms with Crippen LogP contribution in [0.4, 0.5) is 11.4 Å². The van der Waals surface area contributed by atoms with Crippen LogP contribution < -0.4 is 10.6 Å². The first-order valence-corrected chi connectivity index (χ1v) is 20.6. The maximum Gasteiger partial charge on any atom is 0.285 e. The van der Waals surface area contributed by atoms with Crippen LogP contribution in [0.3, 0.4) is 0 Å². The van der Waals surface area contributed by atoms with E-state index in [9.17, 15) is 18.6 Å². The van der Waals surface area contributed by atoms with Gasteiger partial charge in [-0.15, -0.1) is 21.1 Å². The highest BCUT2D eigenvalue weighted by atomic mass is 32.2. The number of rotatable bonds is 15. The van der Waals surface area contributed by atoms with Crippen molar-refractivity contribution in [3.8, 4) is 6.19 Å². The number of aryl methyl sites for hydroxylation is 1. The van der Waals surface area contributed by atoms with Gasteiger partial charge in [0.15, 0.2) is 6.19 Å². The maximum atomic E-state index is 13.6. The number of guanidine groups is 1. The molecule has 2 aliphatic rings. The number of nitroso groups, excluding NO2 is 1. The predicted molar refractivity (Wildman–Crippen MR) is 213 cm³/mol. The molecule has 0 radical (unpaired) electrons. The monoisotopic (exact) mass is 760 g/mol. The van der Waals surface area contributed by atoms with Crippen LogP contribution in [-0.4, -0.2) is 106 Å². The van der Waals surface area contributed by atoms with Crippen molar-refractivity contribution in [1.29, 1.82) is 5.26 Å². The molecule has 1 heterocycles. The molecule has 284 valence electrons. The maximum absolute atomic E-state index is 13.6. The van der Waals surface area contributed by atoms with Gasteiger partial charge >= 0.3 is 0 Å². The highest BCUT2D eigenvalue weighted by molar-refractivity contribution is 7.99. The predicted octanol–water partition coefficient (Wildman–Crippen LogP) is 6.22. The highest BCUT2D eigenvalue weighted by Crippen LogP contribution is 2.37. The van der Waals surface area contributed by atoms with E-state index in [0.717, 1.165) is 55.7 Å². The Morgan fingerprint density at radius 3 is 2.40 bits per heavy atom. The molecule has 1 aliphatic heterocycles. The molecule has 1 aliphatic carbocycles. The van der Waals surface area contributed by atoms with E-state index < -0.39 is 10.0 Å². The van der Waals surface area contributed by atoms with Crippen molar-refractivity contribution in [2.24, 2.45) is 9.57 Å². The second-order valence-corrected chi connectivity index (χ2v) is 16.9. The van der Waals surface area contributed by atoms with E-state index in [1.165, 1.54) is 23.3 Å². The fourth-order valence-electron chi connectivity index (χ4n) is 7.19. The lowest BCUT2D eigenvalue weighted by atomic mass is 9.77. The molecule has 1 atom stereocenters. The third-order valence-corrected chi connectivity index (χ3v) is 12.9. The molecule has 5 rings (SSSR count). The van der Waals surface area contributed by atoms with Crippen LogP contribution >= 0.6 is 11.8 Å². The van der Waals surface area contributed by atoms with Gasteiger partial charge in [0.05, 0.1) is 16.2 Å². The van der Waals surface area contributed by atoms with Crippen molar-refractivity contribution in [1.82, 2.24) is 20.0 Å². The smallest absolute Gasteiger partial charge is 0.285 e. The van der Waals surface area contributed by atoms with E-state index in [4.69, 9.17) is 4.74 Å². The Morgan fingerprint density at radius 2 is 1.75 bits per heavy atom. The molecule has 1 saturated heterocycles. The Hall–Kier alpha value is -4.00. The number of ether oxygens (including phenoxy) is 1. The largest absolute Gasteiger partial charge is 0.380 e. The molecule has 0 unspecified atom stereocenters. The molecule has 12 nitrogen and oxygen atoms in total. The molecule has 1 saturated carbocycles. The summed E-state index contributed by atoms with van der Waals surface area (Å²) >= 11 is 1.71. The number of sulfonamides is 1. The summed E-state index contributed by atoms with van der Waals surface area (Å²) in [5.41, 5.74) is 2.88. The van der Waals surface area contributed by atoms with Crippen molar-refractivity contribution < 1.29 is 13.2 Å². The van der Waals surface area contributed by atoms with Gasteiger partial charge in [-0.1, -0.05) is 42.5 Å². The van der Waals surface area contributed by atoms with Crippen molar-refractivity contribution in [2.45, 2.75) is 72.9 Å². The minimum atomic E-state index is -4.29. The number of thioether (sulfide) groups is 1. The van der Waals surface area contributed by atoms with Gasteiger partial charge in [-0.2, -0.15) is 13.7 Å². The lowest BCUT2D eigenvalue weighted by Crippen LogP contribution is -2.55. The lowest BCUT2D eigenvalue weighted by molar-refractivity contribution is -0.0577. The van der Waals surface area contributed by atoms with Gasteiger partial charge in [-0.05, 0) is 106 Å². The van der Waals surface area contributed by atoms with Crippen LogP contribution in [0.2, 0.25) is 0 Å². The average Bonchev–Trinajstić information content (AvgIpc) is 3.17. The van der Waals surface area contributed by atoms with Gasteiger partial charge in [0, 0.05) is 62.4 Å². The first-order chi connectivity index (χ1) is 25.5. The summed E-state index contributed by atoms with van der Waals surface area (Å²) in [5, 5.41) is 18.6. The van der Waals surface area contributed by atoms with Crippen molar-refractivity contribution >= 4 is 39.1 Å². The summed E-state index contributed by atoms with van der Waals surface area (Å²) in [7, 11) is 1.55. The fraction of sp³-hybridized carbons (Fsp3) is 0.487. The van der Waals surface area contributed by atoms with E-state index >= 15 is 0 Å². The van der Waals surface area contributed by atoms with Gasteiger partial charge in [0.2, 0.25) is 5.96 Å². The molecule has 53 heavy (non-hydrogen) atoms. The molecular weight excluding hydrogens is 709 g/mol. The number of methoxy groups -OCH3 is 1. The first-order valence-electron chi connectivity index (χ1n) is 18.2. The summed E-state index contributed by atoms with van der Waals surface area (Å²) in [6.07, 6.45) is 7.54. The second kappa shape index (κ2) is 18.9. The molecule has 3 aromatic rings. The number of benzene rings is 3. The normalized spacial score (nSPS) is 20.5. The van der Waals surface area contributed by atoms with Gasteiger partial charge in [0.1, 0.15) is 5.69 Å². The minimum absolute atomic E-state index is 0.0108. The SMILES string of the molecule is COC1(Cc2ccccc2C)CCC(N2CCN(C(=NS(=O)(=O)c3ccc(N[C@H](CCN(C)C)CSc4ccccc4)c(N=O)c3)NC#N)CC2)CC1. The van der Waals surface area contributed by atoms with Gasteiger partial charge in [0.25, 0.3) is 10.0 Å². The van der Waals surface area contributed by atoms with Gasteiger partial charge < -0.3 is 19.9 Å². The average molecular weight is 761 g/mol. The number of nitrogens with one attached hydrogen (secondary N) is 2. The molecular formula is C39H52N8O4S2. The van der Waals surface area contributed by atoms with Crippen LogP contribution in [0.1, 0.15) is 43.2 Å². The second-order valence-electron chi connectivity index (χ2n) is 14.2. The zero-order valence-electron chi connectivity index (χ0n) is 31.2. The van der Waals surface area contributed by atoms with Crippen molar-refractivity contribution in [2.75, 3.05) is 65.0 Å². The lowest BCUT2D eigenvalue weighted by Gasteiger charge is -2.45. The standard InChI is InChI=1S/C39H52N8O4S2/c1-30-10-8-9-11-31(30)27-39(51-4)19-16-33(17-20-39)46-22-24-47(25-23-46)38(41-29-40)44-53(49,50)35-14-15-36(37(26-35)43-48)42-32(18-21-45(2)3)28-52-34-12-6-5-7-13-34/h5-15,26,32-33,42H,16-25,27-28H2,1-4H3,(H,41,44)/t32-,33?,39?/m1/s1. The molecule has 0 amide bonds.